The van der Waals surface area contributed by atoms with Crippen molar-refractivity contribution >= 4 is 29.2 Å². The first-order valence-electron chi connectivity index (χ1n) is 11.2. The minimum atomic E-state index is -4.67. The van der Waals surface area contributed by atoms with Crippen molar-refractivity contribution < 1.29 is 27.6 Å². The molecule has 0 saturated carbocycles. The molecular weight excluding hydrogens is 449 g/mol. The van der Waals surface area contributed by atoms with Crippen LogP contribution in [0.15, 0.2) is 42.6 Å². The van der Waals surface area contributed by atoms with Gasteiger partial charge in [0, 0.05) is 19.5 Å². The van der Waals surface area contributed by atoms with Crippen molar-refractivity contribution in [1.29, 1.82) is 0 Å². The number of piperazine rings is 1. The zero-order chi connectivity index (χ0) is 24.7. The van der Waals surface area contributed by atoms with E-state index in [2.05, 4.69) is 17.2 Å². The highest BCUT2D eigenvalue weighted by atomic mass is 19.4. The molecular formula is C24H27F3N4O3. The van der Waals surface area contributed by atoms with Crippen LogP contribution in [0, 0.1) is 0 Å². The van der Waals surface area contributed by atoms with E-state index in [0.717, 1.165) is 42.7 Å². The molecule has 0 aliphatic carbocycles. The number of nitrogens with zero attached hydrogens (tertiary/aromatic N) is 3. The van der Waals surface area contributed by atoms with Gasteiger partial charge in [-0.15, -0.1) is 0 Å². The summed E-state index contributed by atoms with van der Waals surface area (Å²) in [7, 11) is 0. The van der Waals surface area contributed by atoms with Crippen molar-refractivity contribution in [2.75, 3.05) is 29.9 Å². The monoisotopic (exact) mass is 476 g/mol. The summed E-state index contributed by atoms with van der Waals surface area (Å²) >= 11 is 0. The lowest BCUT2D eigenvalue weighted by Gasteiger charge is -2.34. The molecule has 3 rings (SSSR count). The van der Waals surface area contributed by atoms with Gasteiger partial charge in [-0.1, -0.05) is 38.3 Å². The third-order valence-corrected chi connectivity index (χ3v) is 5.54. The maximum atomic E-state index is 13.3. The number of benzene rings is 1. The smallest absolute Gasteiger partial charge is 0.328 e. The molecule has 1 aromatic carbocycles. The van der Waals surface area contributed by atoms with Crippen molar-refractivity contribution in [3.8, 4) is 0 Å². The third-order valence-electron chi connectivity index (χ3n) is 5.54. The minimum Gasteiger partial charge on any atom is -0.328 e. The van der Waals surface area contributed by atoms with Gasteiger partial charge in [0.2, 0.25) is 11.8 Å². The second-order valence-electron chi connectivity index (χ2n) is 8.08. The first-order chi connectivity index (χ1) is 16.2. The van der Waals surface area contributed by atoms with Crippen LogP contribution in [0.2, 0.25) is 0 Å². The van der Waals surface area contributed by atoms with Crippen molar-refractivity contribution in [2.24, 2.45) is 0 Å². The molecule has 1 N–H and O–H groups in total. The topological polar surface area (TPSA) is 82.6 Å². The standard InChI is InChI=1S/C24H27F3N4O3/c1-2-3-4-5-10-21(32)29-17-11-12-20(28-15-17)31-14-13-30(16-22(31)33)23(34)18-8-6-7-9-19(18)24(25,26)27/h6-9,11-12,15H,2-5,10,13-14,16H2,1H3,(H,29,32). The zero-order valence-electron chi connectivity index (χ0n) is 18.9. The fourth-order valence-corrected chi connectivity index (χ4v) is 3.73. The molecule has 0 radical (unpaired) electrons. The number of unbranched alkanes of at least 4 members (excludes halogenated alkanes) is 3. The highest BCUT2D eigenvalue weighted by Crippen LogP contribution is 2.32. The normalized spacial score (nSPS) is 14.3. The Morgan fingerprint density at radius 3 is 2.47 bits per heavy atom. The second-order valence-corrected chi connectivity index (χ2v) is 8.08. The molecule has 2 aromatic rings. The van der Waals surface area contributed by atoms with Crippen LogP contribution >= 0.6 is 0 Å². The molecule has 0 atom stereocenters. The number of anilines is 2. The van der Waals surface area contributed by atoms with E-state index in [4.69, 9.17) is 0 Å². The molecule has 1 fully saturated rings. The number of halogens is 3. The van der Waals surface area contributed by atoms with E-state index in [1.165, 1.54) is 23.2 Å². The summed E-state index contributed by atoms with van der Waals surface area (Å²) in [4.78, 5) is 44.1. The molecule has 1 aromatic heterocycles. The number of amides is 3. The number of pyridine rings is 1. The van der Waals surface area contributed by atoms with E-state index >= 15 is 0 Å². The summed E-state index contributed by atoms with van der Waals surface area (Å²) in [5.41, 5.74) is -1.00. The summed E-state index contributed by atoms with van der Waals surface area (Å²) in [6, 6.07) is 7.75. The van der Waals surface area contributed by atoms with Gasteiger partial charge >= 0.3 is 6.18 Å². The molecule has 0 unspecified atom stereocenters. The number of nitrogens with one attached hydrogen (secondary N) is 1. The Bertz CT molecular complexity index is 1020. The minimum absolute atomic E-state index is 0.0642. The Labute approximate surface area is 195 Å². The highest BCUT2D eigenvalue weighted by Gasteiger charge is 2.37. The van der Waals surface area contributed by atoms with E-state index in [-0.39, 0.29) is 25.5 Å². The summed E-state index contributed by atoms with van der Waals surface area (Å²) in [6.45, 7) is 1.90. The predicted molar refractivity (Wildman–Crippen MR) is 121 cm³/mol. The predicted octanol–water partition coefficient (Wildman–Crippen LogP) is 4.50. The van der Waals surface area contributed by atoms with Crippen LogP contribution in [0.25, 0.3) is 0 Å². The molecule has 0 bridgehead atoms. The lowest BCUT2D eigenvalue weighted by molar-refractivity contribution is -0.138. The summed E-state index contributed by atoms with van der Waals surface area (Å²) in [5.74, 6) is -1.06. The van der Waals surface area contributed by atoms with Crippen LogP contribution in [0.3, 0.4) is 0 Å². The summed E-state index contributed by atoms with van der Waals surface area (Å²) in [6.07, 6.45) is 1.20. The Morgan fingerprint density at radius 2 is 1.82 bits per heavy atom. The molecule has 34 heavy (non-hydrogen) atoms. The lowest BCUT2D eigenvalue weighted by atomic mass is 10.1. The van der Waals surface area contributed by atoms with Crippen LogP contribution in [0.1, 0.15) is 54.9 Å². The van der Waals surface area contributed by atoms with Crippen molar-refractivity contribution in [3.05, 3.63) is 53.7 Å². The molecule has 1 aliphatic rings. The number of rotatable bonds is 8. The second kappa shape index (κ2) is 11.1. The number of aromatic nitrogens is 1. The van der Waals surface area contributed by atoms with Gasteiger partial charge in [0.15, 0.2) is 0 Å². The SMILES string of the molecule is CCCCCCC(=O)Nc1ccc(N2CCN(C(=O)c3ccccc3C(F)(F)F)CC2=O)nc1. The van der Waals surface area contributed by atoms with Gasteiger partial charge in [0.1, 0.15) is 12.4 Å². The van der Waals surface area contributed by atoms with Crippen LogP contribution in [-0.2, 0) is 15.8 Å². The molecule has 7 nitrogen and oxygen atoms in total. The molecule has 2 heterocycles. The highest BCUT2D eigenvalue weighted by molar-refractivity contribution is 6.02. The zero-order valence-corrected chi connectivity index (χ0v) is 18.9. The van der Waals surface area contributed by atoms with Crippen LogP contribution in [0.4, 0.5) is 24.7 Å². The first-order valence-corrected chi connectivity index (χ1v) is 11.2. The van der Waals surface area contributed by atoms with Crippen molar-refractivity contribution in [1.82, 2.24) is 9.88 Å². The van der Waals surface area contributed by atoms with Crippen molar-refractivity contribution in [2.45, 2.75) is 45.2 Å². The van der Waals surface area contributed by atoms with Gasteiger partial charge in [0.25, 0.3) is 5.91 Å². The number of carbonyl (C=O) groups is 3. The van der Waals surface area contributed by atoms with Gasteiger partial charge in [-0.25, -0.2) is 4.98 Å². The maximum Gasteiger partial charge on any atom is 0.417 e. The van der Waals surface area contributed by atoms with E-state index < -0.39 is 29.1 Å². The van der Waals surface area contributed by atoms with Crippen molar-refractivity contribution in [3.63, 3.8) is 0 Å². The number of carbonyl (C=O) groups excluding carboxylic acids is 3. The van der Waals surface area contributed by atoms with E-state index in [0.29, 0.717) is 17.9 Å². The first kappa shape index (κ1) is 25.2. The van der Waals surface area contributed by atoms with Gasteiger partial charge < -0.3 is 10.2 Å². The summed E-state index contributed by atoms with van der Waals surface area (Å²) in [5, 5.41) is 2.77. The lowest BCUT2D eigenvalue weighted by Crippen LogP contribution is -2.52. The fourth-order valence-electron chi connectivity index (χ4n) is 3.73. The van der Waals surface area contributed by atoms with Crippen LogP contribution in [0.5, 0.6) is 0 Å². The number of alkyl halides is 3. The third kappa shape index (κ3) is 6.33. The quantitative estimate of drug-likeness (QED) is 0.569. The number of hydrogen-bond donors (Lipinski definition) is 1. The Hall–Kier alpha value is -3.43. The van der Waals surface area contributed by atoms with E-state index in [9.17, 15) is 27.6 Å². The van der Waals surface area contributed by atoms with Crippen LogP contribution < -0.4 is 10.2 Å². The van der Waals surface area contributed by atoms with Gasteiger partial charge in [-0.2, -0.15) is 13.2 Å². The Balaban J connectivity index is 1.59. The van der Waals surface area contributed by atoms with Gasteiger partial charge in [0.05, 0.1) is 23.0 Å². The van der Waals surface area contributed by atoms with Crippen LogP contribution in [-0.4, -0.2) is 47.2 Å². The maximum absolute atomic E-state index is 13.3. The average molecular weight is 476 g/mol. The van der Waals surface area contributed by atoms with Gasteiger partial charge in [-0.05, 0) is 30.7 Å². The number of hydrogen-bond acceptors (Lipinski definition) is 4. The largest absolute Gasteiger partial charge is 0.417 e. The fraction of sp³-hybridized carbons (Fsp3) is 0.417. The Kier molecular flexibility index (Phi) is 8.25. The van der Waals surface area contributed by atoms with E-state index in [1.807, 2.05) is 0 Å². The molecule has 182 valence electrons. The Morgan fingerprint density at radius 1 is 1.06 bits per heavy atom. The molecule has 1 aliphatic heterocycles. The average Bonchev–Trinajstić information content (AvgIpc) is 2.81. The molecule has 1 saturated heterocycles. The summed E-state index contributed by atoms with van der Waals surface area (Å²) < 4.78 is 39.8. The molecule has 0 spiro atoms. The van der Waals surface area contributed by atoms with Gasteiger partial charge in [-0.3, -0.25) is 19.3 Å². The molecule has 3 amide bonds. The molecule has 10 heteroatoms. The van der Waals surface area contributed by atoms with E-state index in [1.54, 1.807) is 12.1 Å².